The Balaban J connectivity index is 1.67. The van der Waals surface area contributed by atoms with Gasteiger partial charge in [0.1, 0.15) is 11.5 Å². The molecule has 4 rings (SSSR count). The monoisotopic (exact) mass is 361 g/mol. The highest BCUT2D eigenvalue weighted by Crippen LogP contribution is 2.29. The van der Waals surface area contributed by atoms with Crippen molar-refractivity contribution < 1.29 is 15.0 Å². The molecule has 0 atom stereocenters. The molecule has 136 valence electrons. The molecule has 0 aliphatic heterocycles. The first-order chi connectivity index (χ1) is 13.1. The lowest BCUT2D eigenvalue weighted by Gasteiger charge is -2.19. The van der Waals surface area contributed by atoms with Crippen LogP contribution in [-0.2, 0) is 12.8 Å². The van der Waals surface area contributed by atoms with Crippen molar-refractivity contribution >= 4 is 23.0 Å². The van der Waals surface area contributed by atoms with Crippen LogP contribution in [0.5, 0.6) is 11.5 Å². The number of carbonyl (C=O) groups excluding carboxylic acids is 1. The van der Waals surface area contributed by atoms with E-state index in [9.17, 15) is 15.0 Å². The van der Waals surface area contributed by atoms with E-state index in [4.69, 9.17) is 4.98 Å². The van der Waals surface area contributed by atoms with Gasteiger partial charge in [-0.1, -0.05) is 18.2 Å². The summed E-state index contributed by atoms with van der Waals surface area (Å²) in [5.41, 5.74) is 6.39. The minimum Gasteiger partial charge on any atom is -0.508 e. The van der Waals surface area contributed by atoms with Gasteiger partial charge < -0.3 is 10.2 Å². The molecule has 0 fully saturated rings. The van der Waals surface area contributed by atoms with Crippen LogP contribution in [0.1, 0.15) is 40.0 Å². The van der Waals surface area contributed by atoms with Crippen LogP contribution < -0.4 is 5.43 Å². The number of phenols is 2. The van der Waals surface area contributed by atoms with Crippen LogP contribution in [0.15, 0.2) is 47.6 Å². The molecule has 0 saturated carbocycles. The van der Waals surface area contributed by atoms with E-state index in [2.05, 4.69) is 10.5 Å². The third-order valence-corrected chi connectivity index (χ3v) is 4.78. The number of nitrogens with zero attached hydrogens (tertiary/aromatic N) is 2. The third kappa shape index (κ3) is 3.33. The Morgan fingerprint density at radius 3 is 2.78 bits per heavy atom. The summed E-state index contributed by atoms with van der Waals surface area (Å²) in [5, 5.41) is 23.9. The molecule has 0 bridgehead atoms. The molecule has 0 saturated heterocycles. The van der Waals surface area contributed by atoms with Crippen molar-refractivity contribution in [3.63, 3.8) is 0 Å². The highest BCUT2D eigenvalue weighted by Gasteiger charge is 2.22. The van der Waals surface area contributed by atoms with E-state index in [0.29, 0.717) is 11.1 Å². The van der Waals surface area contributed by atoms with Gasteiger partial charge in [0.05, 0.1) is 17.3 Å². The molecule has 0 unspecified atom stereocenters. The van der Waals surface area contributed by atoms with Crippen molar-refractivity contribution in [3.05, 3.63) is 64.8 Å². The molecule has 6 heteroatoms. The van der Waals surface area contributed by atoms with Crippen LogP contribution in [0.2, 0.25) is 0 Å². The third-order valence-electron chi connectivity index (χ3n) is 4.78. The van der Waals surface area contributed by atoms with Crippen molar-refractivity contribution in [2.75, 3.05) is 0 Å². The van der Waals surface area contributed by atoms with Gasteiger partial charge in [-0.05, 0) is 49.4 Å². The van der Waals surface area contributed by atoms with Crippen LogP contribution >= 0.6 is 0 Å². The lowest BCUT2D eigenvalue weighted by Crippen LogP contribution is -2.22. The standard InChI is InChI=1S/C21H19N3O3/c25-14-10-9-13(19(26)11-14)12-22-24-21(27)20-15-5-1-3-7-17(15)23-18-8-4-2-6-16(18)20/h1,3,5,7,9-12,25-26H,2,4,6,8H2,(H,24,27). The molecule has 0 spiro atoms. The van der Waals surface area contributed by atoms with E-state index < -0.39 is 0 Å². The SMILES string of the molecule is O=C(NN=Cc1ccc(O)cc1O)c1c2c(nc3ccccc13)CCCC2. The minimum atomic E-state index is -0.290. The average Bonchev–Trinajstić information content (AvgIpc) is 2.67. The number of fused-ring (bicyclic) bond motifs is 2. The number of pyridine rings is 1. The maximum absolute atomic E-state index is 12.9. The summed E-state index contributed by atoms with van der Waals surface area (Å²) in [4.78, 5) is 17.6. The number of hydrogen-bond donors (Lipinski definition) is 3. The summed E-state index contributed by atoms with van der Waals surface area (Å²) in [6.45, 7) is 0. The summed E-state index contributed by atoms with van der Waals surface area (Å²) in [5.74, 6) is -0.440. The van der Waals surface area contributed by atoms with E-state index in [1.165, 1.54) is 24.4 Å². The van der Waals surface area contributed by atoms with Crippen LogP contribution in [0.25, 0.3) is 10.9 Å². The van der Waals surface area contributed by atoms with Crippen molar-refractivity contribution in [1.29, 1.82) is 0 Å². The second-order valence-electron chi connectivity index (χ2n) is 6.58. The van der Waals surface area contributed by atoms with E-state index in [-0.39, 0.29) is 17.4 Å². The number of aromatic hydroxyl groups is 2. The van der Waals surface area contributed by atoms with Crippen LogP contribution in [-0.4, -0.2) is 27.3 Å². The quantitative estimate of drug-likeness (QED) is 0.493. The molecular formula is C21H19N3O3. The summed E-state index contributed by atoms with van der Waals surface area (Å²) in [6, 6.07) is 11.8. The first-order valence-corrected chi connectivity index (χ1v) is 8.89. The second-order valence-corrected chi connectivity index (χ2v) is 6.58. The van der Waals surface area contributed by atoms with Crippen molar-refractivity contribution in [2.24, 2.45) is 5.10 Å². The number of nitrogens with one attached hydrogen (secondary N) is 1. The van der Waals surface area contributed by atoms with Gasteiger partial charge in [0.25, 0.3) is 5.91 Å². The normalized spacial score (nSPS) is 13.6. The van der Waals surface area contributed by atoms with Crippen LogP contribution in [0.4, 0.5) is 0 Å². The van der Waals surface area contributed by atoms with Crippen molar-refractivity contribution in [3.8, 4) is 11.5 Å². The van der Waals surface area contributed by atoms with E-state index in [1.807, 2.05) is 24.3 Å². The molecule has 27 heavy (non-hydrogen) atoms. The number of aryl methyl sites for hydroxylation is 1. The van der Waals surface area contributed by atoms with E-state index in [0.717, 1.165) is 47.8 Å². The van der Waals surface area contributed by atoms with Gasteiger partial charge in [-0.2, -0.15) is 5.10 Å². The van der Waals surface area contributed by atoms with Gasteiger partial charge in [0.2, 0.25) is 0 Å². The number of phenolic OH excluding ortho intramolecular Hbond substituents is 2. The van der Waals surface area contributed by atoms with Crippen molar-refractivity contribution in [2.45, 2.75) is 25.7 Å². The molecule has 2 aromatic carbocycles. The Labute approximate surface area is 156 Å². The molecular weight excluding hydrogens is 342 g/mol. The lowest BCUT2D eigenvalue weighted by molar-refractivity contribution is 0.0955. The molecule has 3 N–H and O–H groups in total. The number of hydrazone groups is 1. The number of amides is 1. The molecule has 6 nitrogen and oxygen atoms in total. The summed E-state index contributed by atoms with van der Waals surface area (Å²) in [7, 11) is 0. The van der Waals surface area contributed by atoms with Crippen LogP contribution in [0.3, 0.4) is 0 Å². The first-order valence-electron chi connectivity index (χ1n) is 8.89. The Bertz CT molecular complexity index is 1060. The number of carbonyl (C=O) groups is 1. The summed E-state index contributed by atoms with van der Waals surface area (Å²) in [6.07, 6.45) is 5.18. The smallest absolute Gasteiger partial charge is 0.272 e. The zero-order valence-electron chi connectivity index (χ0n) is 14.6. The Hall–Kier alpha value is -3.41. The first kappa shape index (κ1) is 17.0. The highest BCUT2D eigenvalue weighted by molar-refractivity contribution is 6.08. The fourth-order valence-electron chi connectivity index (χ4n) is 3.49. The maximum Gasteiger partial charge on any atom is 0.272 e. The molecule has 0 radical (unpaired) electrons. The zero-order chi connectivity index (χ0) is 18.8. The number of para-hydroxylation sites is 1. The minimum absolute atomic E-state index is 0.0384. The fourth-order valence-corrected chi connectivity index (χ4v) is 3.49. The predicted molar refractivity (Wildman–Crippen MR) is 103 cm³/mol. The molecule has 3 aromatic rings. The zero-order valence-corrected chi connectivity index (χ0v) is 14.6. The number of hydrogen-bond acceptors (Lipinski definition) is 5. The van der Waals surface area contributed by atoms with Gasteiger partial charge in [-0.3, -0.25) is 9.78 Å². The molecule has 1 amide bonds. The fraction of sp³-hybridized carbons (Fsp3) is 0.190. The molecule has 1 heterocycles. The van der Waals surface area contributed by atoms with Gasteiger partial charge in [-0.15, -0.1) is 0 Å². The van der Waals surface area contributed by atoms with E-state index in [1.54, 1.807) is 0 Å². The van der Waals surface area contributed by atoms with Gasteiger partial charge in [-0.25, -0.2) is 5.43 Å². The van der Waals surface area contributed by atoms with Crippen LogP contribution in [0, 0.1) is 0 Å². The molecule has 1 aliphatic rings. The Morgan fingerprint density at radius 2 is 1.93 bits per heavy atom. The van der Waals surface area contributed by atoms with Gasteiger partial charge in [0.15, 0.2) is 0 Å². The second kappa shape index (κ2) is 7.07. The summed E-state index contributed by atoms with van der Waals surface area (Å²) >= 11 is 0. The lowest BCUT2D eigenvalue weighted by atomic mass is 9.89. The van der Waals surface area contributed by atoms with Gasteiger partial charge in [0, 0.05) is 22.7 Å². The largest absolute Gasteiger partial charge is 0.508 e. The Kier molecular flexibility index (Phi) is 4.46. The average molecular weight is 361 g/mol. The number of rotatable bonds is 3. The van der Waals surface area contributed by atoms with Crippen molar-refractivity contribution in [1.82, 2.24) is 10.4 Å². The Morgan fingerprint density at radius 1 is 1.11 bits per heavy atom. The highest BCUT2D eigenvalue weighted by atomic mass is 16.3. The summed E-state index contributed by atoms with van der Waals surface area (Å²) < 4.78 is 0. The topological polar surface area (TPSA) is 94.8 Å². The molecule has 1 aromatic heterocycles. The number of aromatic nitrogens is 1. The van der Waals surface area contributed by atoms with Gasteiger partial charge >= 0.3 is 0 Å². The number of benzene rings is 2. The van der Waals surface area contributed by atoms with E-state index >= 15 is 0 Å². The predicted octanol–water partition coefficient (Wildman–Crippen LogP) is 3.29. The maximum atomic E-state index is 12.9. The molecule has 1 aliphatic carbocycles.